The maximum absolute atomic E-state index is 13.3. The van der Waals surface area contributed by atoms with Gasteiger partial charge in [-0.3, -0.25) is 0 Å². The summed E-state index contributed by atoms with van der Waals surface area (Å²) in [5, 5.41) is 13.1. The first-order valence-electron chi connectivity index (χ1n) is 11.8. The Labute approximate surface area is 211 Å². The summed E-state index contributed by atoms with van der Waals surface area (Å²) >= 11 is 0. The molecule has 1 unspecified atom stereocenters. The van der Waals surface area contributed by atoms with Crippen LogP contribution in [0.1, 0.15) is 29.7 Å². The van der Waals surface area contributed by atoms with Gasteiger partial charge in [-0.05, 0) is 37.7 Å². The molecule has 5 rings (SSSR count). The normalized spacial score (nSPS) is 15.5. The number of hydrogen-bond donors (Lipinski definition) is 2. The highest BCUT2D eigenvalue weighted by molar-refractivity contribution is 5.94. The molecule has 1 aliphatic heterocycles. The molecule has 1 aliphatic rings. The Morgan fingerprint density at radius 1 is 1.08 bits per heavy atom. The predicted molar refractivity (Wildman–Crippen MR) is 135 cm³/mol. The first kappa shape index (κ1) is 24.5. The summed E-state index contributed by atoms with van der Waals surface area (Å²) in [4.78, 5) is 20.2. The van der Waals surface area contributed by atoms with Crippen LogP contribution >= 0.6 is 0 Å². The number of nitriles is 1. The van der Waals surface area contributed by atoms with Gasteiger partial charge >= 0.3 is 6.18 Å². The van der Waals surface area contributed by atoms with Gasteiger partial charge in [0.25, 0.3) is 0 Å². The van der Waals surface area contributed by atoms with Crippen molar-refractivity contribution in [1.29, 1.82) is 5.26 Å². The van der Waals surface area contributed by atoms with Crippen LogP contribution in [0.25, 0.3) is 22.3 Å². The topological polar surface area (TPSA) is 96.8 Å². The minimum absolute atomic E-state index is 0.146. The summed E-state index contributed by atoms with van der Waals surface area (Å²) in [5.41, 5.74) is 2.32. The first-order valence-corrected chi connectivity index (χ1v) is 11.8. The van der Waals surface area contributed by atoms with Gasteiger partial charge in [0, 0.05) is 55.2 Å². The third-order valence-corrected chi connectivity index (χ3v) is 6.63. The van der Waals surface area contributed by atoms with Crippen molar-refractivity contribution >= 4 is 22.7 Å². The Kier molecular flexibility index (Phi) is 6.43. The third kappa shape index (κ3) is 5.06. The van der Waals surface area contributed by atoms with Crippen LogP contribution in [-0.4, -0.2) is 58.1 Å². The lowest BCUT2D eigenvalue weighted by Gasteiger charge is -2.34. The molecule has 4 aromatic rings. The molecule has 0 radical (unpaired) electrons. The van der Waals surface area contributed by atoms with Crippen molar-refractivity contribution < 1.29 is 13.2 Å². The van der Waals surface area contributed by atoms with Crippen LogP contribution in [-0.2, 0) is 6.18 Å². The van der Waals surface area contributed by atoms with Crippen LogP contribution in [0.5, 0.6) is 0 Å². The van der Waals surface area contributed by atoms with Gasteiger partial charge in [0.15, 0.2) is 0 Å². The summed E-state index contributed by atoms with van der Waals surface area (Å²) in [6.07, 6.45) is -0.891. The molecular formula is C26H25F3N8. The van der Waals surface area contributed by atoms with Crippen molar-refractivity contribution in [1.82, 2.24) is 24.8 Å². The van der Waals surface area contributed by atoms with Gasteiger partial charge in [-0.2, -0.15) is 18.4 Å². The number of nitrogens with one attached hydrogen (secondary N) is 2. The Hall–Kier alpha value is -4.17. The van der Waals surface area contributed by atoms with Crippen molar-refractivity contribution in [3.05, 3.63) is 65.6 Å². The second-order valence-corrected chi connectivity index (χ2v) is 9.14. The molecule has 3 aromatic heterocycles. The Morgan fingerprint density at radius 3 is 2.49 bits per heavy atom. The number of likely N-dealkylation sites (N-methyl/N-ethyl adjacent to an activating group) is 1. The number of aromatic amines is 1. The van der Waals surface area contributed by atoms with Gasteiger partial charge in [-0.25, -0.2) is 15.0 Å². The highest BCUT2D eigenvalue weighted by Gasteiger charge is 2.31. The van der Waals surface area contributed by atoms with Crippen molar-refractivity contribution in [2.75, 3.05) is 43.4 Å². The van der Waals surface area contributed by atoms with Crippen LogP contribution in [0.4, 0.5) is 24.8 Å². The monoisotopic (exact) mass is 506 g/mol. The fourth-order valence-corrected chi connectivity index (χ4v) is 4.41. The van der Waals surface area contributed by atoms with Crippen molar-refractivity contribution in [3.8, 4) is 17.3 Å². The van der Waals surface area contributed by atoms with Gasteiger partial charge in [-0.1, -0.05) is 12.1 Å². The number of rotatable bonds is 5. The average molecular weight is 507 g/mol. The van der Waals surface area contributed by atoms with E-state index in [1.165, 1.54) is 18.1 Å². The number of anilines is 2. The molecule has 0 spiro atoms. The number of hydrogen-bond acceptors (Lipinski definition) is 7. The van der Waals surface area contributed by atoms with E-state index < -0.39 is 11.7 Å². The maximum atomic E-state index is 13.3. The Bertz CT molecular complexity index is 1450. The molecule has 1 saturated heterocycles. The molecule has 1 atom stereocenters. The van der Waals surface area contributed by atoms with E-state index in [0.717, 1.165) is 44.0 Å². The van der Waals surface area contributed by atoms with Gasteiger partial charge in [0.1, 0.15) is 11.7 Å². The molecule has 1 fully saturated rings. The van der Waals surface area contributed by atoms with E-state index in [4.69, 9.17) is 0 Å². The molecular weight excluding hydrogens is 481 g/mol. The molecule has 8 nitrogen and oxygen atoms in total. The number of benzene rings is 1. The molecule has 0 bridgehead atoms. The number of alkyl halides is 3. The molecule has 0 aliphatic carbocycles. The standard InChI is InChI=1S/C26H25F3N8/c1-16(17-3-5-20(6-4-17)37-9-7-36(2)8-10-37)34-25-33-13-18(12-30)23(35-25)22-15-32-24-21(22)11-19(14-31-24)26(27,28)29/h3-6,11,13-16H,7-10H2,1-2H3,(H,31,32)(H,33,34,35). The lowest BCUT2D eigenvalue weighted by molar-refractivity contribution is -0.137. The summed E-state index contributed by atoms with van der Waals surface area (Å²) in [5.74, 6) is 0.263. The van der Waals surface area contributed by atoms with Gasteiger partial charge < -0.3 is 20.1 Å². The van der Waals surface area contributed by atoms with Crippen LogP contribution in [0, 0.1) is 11.3 Å². The smallest absolute Gasteiger partial charge is 0.369 e. The molecule has 1 aromatic carbocycles. The second kappa shape index (κ2) is 9.71. The molecule has 37 heavy (non-hydrogen) atoms. The number of H-pyrrole nitrogens is 1. The number of aromatic nitrogens is 4. The first-order chi connectivity index (χ1) is 17.7. The number of halogens is 3. The van der Waals surface area contributed by atoms with Crippen LogP contribution in [0.15, 0.2) is 48.9 Å². The average Bonchev–Trinajstić information content (AvgIpc) is 3.32. The van der Waals surface area contributed by atoms with Crippen molar-refractivity contribution in [2.24, 2.45) is 0 Å². The lowest BCUT2D eigenvalue weighted by atomic mass is 10.1. The van der Waals surface area contributed by atoms with E-state index in [1.807, 2.05) is 13.0 Å². The minimum Gasteiger partial charge on any atom is -0.369 e. The zero-order valence-electron chi connectivity index (χ0n) is 20.3. The van der Waals surface area contributed by atoms with Crippen molar-refractivity contribution in [2.45, 2.75) is 19.1 Å². The Morgan fingerprint density at radius 2 is 1.81 bits per heavy atom. The predicted octanol–water partition coefficient (Wildman–Crippen LogP) is 4.84. The van der Waals surface area contributed by atoms with Gasteiger partial charge in [0.2, 0.25) is 5.95 Å². The van der Waals surface area contributed by atoms with E-state index >= 15 is 0 Å². The van der Waals surface area contributed by atoms with E-state index in [0.29, 0.717) is 5.56 Å². The molecule has 4 heterocycles. The van der Waals surface area contributed by atoms with Crippen molar-refractivity contribution in [3.63, 3.8) is 0 Å². The number of fused-ring (bicyclic) bond motifs is 1. The molecule has 0 amide bonds. The highest BCUT2D eigenvalue weighted by atomic mass is 19.4. The van der Waals surface area contributed by atoms with Gasteiger partial charge in [0.05, 0.1) is 29.1 Å². The molecule has 190 valence electrons. The summed E-state index contributed by atoms with van der Waals surface area (Å²) < 4.78 is 39.8. The zero-order chi connectivity index (χ0) is 26.2. The number of pyridine rings is 1. The lowest BCUT2D eigenvalue weighted by Crippen LogP contribution is -2.44. The van der Waals surface area contributed by atoms with Crippen LogP contribution < -0.4 is 10.2 Å². The molecule has 11 heteroatoms. The maximum Gasteiger partial charge on any atom is 0.417 e. The highest BCUT2D eigenvalue weighted by Crippen LogP contribution is 2.35. The van der Waals surface area contributed by atoms with E-state index in [2.05, 4.69) is 66.4 Å². The third-order valence-electron chi connectivity index (χ3n) is 6.63. The van der Waals surface area contributed by atoms with E-state index in [1.54, 1.807) is 0 Å². The minimum atomic E-state index is -4.54. The van der Waals surface area contributed by atoms with Gasteiger partial charge in [-0.15, -0.1) is 0 Å². The summed E-state index contributed by atoms with van der Waals surface area (Å²) in [7, 11) is 2.12. The zero-order valence-corrected chi connectivity index (χ0v) is 20.3. The number of piperazine rings is 1. The SMILES string of the molecule is CC(Nc1ncc(C#N)c(-c2c[nH]c3ncc(C(F)(F)F)cc23)n1)c1ccc(N2CCN(C)CC2)cc1. The fourth-order valence-electron chi connectivity index (χ4n) is 4.41. The quantitative estimate of drug-likeness (QED) is 0.400. The van der Waals surface area contributed by atoms with Crippen LogP contribution in [0.3, 0.4) is 0 Å². The fraction of sp³-hybridized carbons (Fsp3) is 0.308. The summed E-state index contributed by atoms with van der Waals surface area (Å²) in [6.45, 7) is 6.00. The second-order valence-electron chi connectivity index (χ2n) is 9.14. The largest absolute Gasteiger partial charge is 0.417 e. The molecule has 0 saturated carbocycles. The number of nitrogens with zero attached hydrogens (tertiary/aromatic N) is 6. The molecule has 2 N–H and O–H groups in total. The summed E-state index contributed by atoms with van der Waals surface area (Å²) in [6, 6.07) is 11.2. The Balaban J connectivity index is 1.40. The van der Waals surface area contributed by atoms with E-state index in [-0.39, 0.29) is 34.3 Å². The van der Waals surface area contributed by atoms with E-state index in [9.17, 15) is 18.4 Å². The van der Waals surface area contributed by atoms with Crippen LogP contribution in [0.2, 0.25) is 0 Å².